The number of rotatable bonds is 1. The maximum Gasteiger partial charge on any atom is 0.186 e. The van der Waals surface area contributed by atoms with Crippen LogP contribution in [0, 0.1) is 0 Å². The molecule has 5 atom stereocenters. The van der Waals surface area contributed by atoms with Crippen LogP contribution in [-0.4, -0.2) is 54.6 Å². The van der Waals surface area contributed by atoms with Gasteiger partial charge in [0.25, 0.3) is 0 Å². The van der Waals surface area contributed by atoms with E-state index in [2.05, 4.69) is 0 Å². The topological polar surface area (TPSA) is 68.2 Å². The highest BCUT2D eigenvalue weighted by Gasteiger charge is 2.50. The van der Waals surface area contributed by atoms with E-state index >= 15 is 0 Å². The molecule has 0 radical (unpaired) electrons. The van der Waals surface area contributed by atoms with Crippen LogP contribution in [0.25, 0.3) is 0 Å². The molecule has 2 heterocycles. The summed E-state index contributed by atoms with van der Waals surface area (Å²) >= 11 is 0. The van der Waals surface area contributed by atoms with Crippen LogP contribution >= 0.6 is 0 Å². The normalized spacial score (nSPS) is 52.8. The first-order valence-electron chi connectivity index (χ1n) is 3.90. The minimum Gasteiger partial charge on any atom is -0.387 e. The average Bonchev–Trinajstić information content (AvgIpc) is 2.31. The number of ether oxygens (including phenoxy) is 3. The summed E-state index contributed by atoms with van der Waals surface area (Å²) in [6, 6.07) is 0. The molecule has 2 aliphatic rings. The third-order valence-corrected chi connectivity index (χ3v) is 2.33. The molecule has 0 aliphatic carbocycles. The molecule has 2 fully saturated rings. The minimum atomic E-state index is -0.899. The summed E-state index contributed by atoms with van der Waals surface area (Å²) < 4.78 is 15.2. The highest BCUT2D eigenvalue weighted by Crippen LogP contribution is 2.29. The third kappa shape index (κ3) is 1.06. The Balaban J connectivity index is 2.12. The minimum absolute atomic E-state index is 0.322. The van der Waals surface area contributed by atoms with Crippen molar-refractivity contribution in [2.24, 2.45) is 0 Å². The molecule has 0 saturated carbocycles. The van der Waals surface area contributed by atoms with Crippen LogP contribution in [0.3, 0.4) is 0 Å². The monoisotopic (exact) mass is 176 g/mol. The van der Waals surface area contributed by atoms with Crippen LogP contribution < -0.4 is 0 Å². The predicted molar refractivity (Wildman–Crippen MR) is 37.4 cm³/mol. The molecule has 0 aromatic heterocycles. The Hall–Kier alpha value is -0.200. The van der Waals surface area contributed by atoms with E-state index in [4.69, 9.17) is 14.2 Å². The Kier molecular flexibility index (Phi) is 2.05. The Morgan fingerprint density at radius 3 is 2.75 bits per heavy atom. The Bertz CT molecular complexity index is 173. The second kappa shape index (κ2) is 2.93. The Morgan fingerprint density at radius 1 is 1.33 bits per heavy atom. The van der Waals surface area contributed by atoms with Gasteiger partial charge in [-0.1, -0.05) is 0 Å². The Morgan fingerprint density at radius 2 is 2.08 bits per heavy atom. The molecule has 2 rings (SSSR count). The van der Waals surface area contributed by atoms with Crippen LogP contribution in [0.2, 0.25) is 0 Å². The molecule has 0 spiro atoms. The van der Waals surface area contributed by atoms with Gasteiger partial charge in [-0.25, -0.2) is 0 Å². The van der Waals surface area contributed by atoms with Gasteiger partial charge in [-0.3, -0.25) is 0 Å². The molecule has 0 amide bonds. The smallest absolute Gasteiger partial charge is 0.186 e. The zero-order valence-electron chi connectivity index (χ0n) is 6.71. The molecule has 5 heteroatoms. The van der Waals surface area contributed by atoms with E-state index in [1.54, 1.807) is 0 Å². The molecular weight excluding hydrogens is 164 g/mol. The molecule has 5 nitrogen and oxygen atoms in total. The zero-order valence-corrected chi connectivity index (χ0v) is 6.71. The second-order valence-electron chi connectivity index (χ2n) is 3.06. The van der Waals surface area contributed by atoms with Crippen LogP contribution in [0.15, 0.2) is 0 Å². The summed E-state index contributed by atoms with van der Waals surface area (Å²) in [4.78, 5) is 0. The van der Waals surface area contributed by atoms with Crippen molar-refractivity contribution in [2.75, 3.05) is 13.7 Å². The number of fused-ring (bicyclic) bond motifs is 2. The zero-order chi connectivity index (χ0) is 8.72. The first-order chi connectivity index (χ1) is 5.74. The van der Waals surface area contributed by atoms with E-state index in [9.17, 15) is 10.2 Å². The number of aliphatic hydroxyl groups is 2. The fourth-order valence-electron chi connectivity index (χ4n) is 1.64. The number of methoxy groups -OCH3 is 1. The van der Waals surface area contributed by atoms with Crippen molar-refractivity contribution < 1.29 is 24.4 Å². The summed E-state index contributed by atoms with van der Waals surface area (Å²) in [5.74, 6) is 0. The quantitative estimate of drug-likeness (QED) is 0.507. The van der Waals surface area contributed by atoms with E-state index in [1.165, 1.54) is 7.11 Å². The molecule has 2 aliphatic heterocycles. The van der Waals surface area contributed by atoms with Gasteiger partial charge in [0.2, 0.25) is 0 Å². The van der Waals surface area contributed by atoms with Crippen molar-refractivity contribution in [3.63, 3.8) is 0 Å². The van der Waals surface area contributed by atoms with Gasteiger partial charge in [-0.2, -0.15) is 0 Å². The van der Waals surface area contributed by atoms with Gasteiger partial charge in [0.15, 0.2) is 6.29 Å². The van der Waals surface area contributed by atoms with E-state index in [0.29, 0.717) is 6.61 Å². The van der Waals surface area contributed by atoms with Gasteiger partial charge in [0.1, 0.15) is 24.4 Å². The molecule has 2 saturated heterocycles. The van der Waals surface area contributed by atoms with Gasteiger partial charge >= 0.3 is 0 Å². The molecule has 70 valence electrons. The van der Waals surface area contributed by atoms with Crippen molar-refractivity contribution >= 4 is 0 Å². The SMILES string of the molecule is CO[C@H]1O[C@H]2CO[C@H]([C@@H]1O)[C@H]2O. The average molecular weight is 176 g/mol. The molecule has 12 heavy (non-hydrogen) atoms. The molecule has 0 unspecified atom stereocenters. The standard InChI is InChI=1S/C7H12O5/c1-10-7-5(9)6-4(8)3(12-7)2-11-6/h3-9H,2H2,1H3/t3-,4-,5-,6-,7-/m0/s1. The van der Waals surface area contributed by atoms with Crippen LogP contribution in [0.5, 0.6) is 0 Å². The van der Waals surface area contributed by atoms with E-state index in [-0.39, 0.29) is 6.10 Å². The van der Waals surface area contributed by atoms with Crippen molar-refractivity contribution in [1.29, 1.82) is 0 Å². The first kappa shape index (κ1) is 8.40. The fraction of sp³-hybridized carbons (Fsp3) is 1.00. The van der Waals surface area contributed by atoms with Crippen LogP contribution in [0.1, 0.15) is 0 Å². The van der Waals surface area contributed by atoms with E-state index in [1.807, 2.05) is 0 Å². The van der Waals surface area contributed by atoms with Gasteiger partial charge in [0, 0.05) is 7.11 Å². The molecule has 0 aromatic carbocycles. The lowest BCUT2D eigenvalue weighted by molar-refractivity contribution is -0.253. The number of aliphatic hydroxyl groups excluding tert-OH is 2. The van der Waals surface area contributed by atoms with Gasteiger partial charge in [-0.05, 0) is 0 Å². The summed E-state index contributed by atoms with van der Waals surface area (Å²) in [5, 5.41) is 18.9. The van der Waals surface area contributed by atoms with Crippen LogP contribution in [-0.2, 0) is 14.2 Å². The lowest BCUT2D eigenvalue weighted by atomic mass is 10.0. The summed E-state index contributed by atoms with van der Waals surface area (Å²) in [5.41, 5.74) is 0. The van der Waals surface area contributed by atoms with Gasteiger partial charge in [-0.15, -0.1) is 0 Å². The van der Waals surface area contributed by atoms with Crippen molar-refractivity contribution in [1.82, 2.24) is 0 Å². The van der Waals surface area contributed by atoms with Crippen molar-refractivity contribution in [3.8, 4) is 0 Å². The lowest BCUT2D eigenvalue weighted by Crippen LogP contribution is -2.53. The van der Waals surface area contributed by atoms with Gasteiger partial charge < -0.3 is 24.4 Å². The van der Waals surface area contributed by atoms with Crippen molar-refractivity contribution in [3.05, 3.63) is 0 Å². The van der Waals surface area contributed by atoms with Crippen molar-refractivity contribution in [2.45, 2.75) is 30.7 Å². The maximum absolute atomic E-state index is 9.49. The van der Waals surface area contributed by atoms with Crippen LogP contribution in [0.4, 0.5) is 0 Å². The third-order valence-electron chi connectivity index (χ3n) is 2.33. The molecule has 2 bridgehead atoms. The summed E-state index contributed by atoms with van der Waals surface area (Å²) in [6.45, 7) is 0.322. The summed E-state index contributed by atoms with van der Waals surface area (Å²) in [7, 11) is 1.45. The highest BCUT2D eigenvalue weighted by atomic mass is 16.7. The number of hydrogen-bond donors (Lipinski definition) is 2. The molecular formula is C7H12O5. The largest absolute Gasteiger partial charge is 0.387 e. The molecule has 2 N–H and O–H groups in total. The maximum atomic E-state index is 9.49. The predicted octanol–water partition coefficient (Wildman–Crippen LogP) is -1.52. The van der Waals surface area contributed by atoms with Gasteiger partial charge in [0.05, 0.1) is 6.61 Å². The Labute approximate surface area is 69.8 Å². The number of hydrogen-bond acceptors (Lipinski definition) is 5. The van der Waals surface area contributed by atoms with E-state index < -0.39 is 24.6 Å². The fourth-order valence-corrected chi connectivity index (χ4v) is 1.64. The molecule has 0 aromatic rings. The highest BCUT2D eigenvalue weighted by molar-refractivity contribution is 4.94. The van der Waals surface area contributed by atoms with E-state index in [0.717, 1.165) is 0 Å². The first-order valence-corrected chi connectivity index (χ1v) is 3.90. The second-order valence-corrected chi connectivity index (χ2v) is 3.06. The summed E-state index contributed by atoms with van der Waals surface area (Å²) in [6.07, 6.45) is -3.22. The lowest BCUT2D eigenvalue weighted by Gasteiger charge is -2.33.